The fourth-order valence-electron chi connectivity index (χ4n) is 7.25. The van der Waals surface area contributed by atoms with Gasteiger partial charge in [-0.05, 0) is 62.5 Å². The number of carbonyl (C=O) groups excluding carboxylic acids is 2. The van der Waals surface area contributed by atoms with Crippen molar-refractivity contribution in [3.05, 3.63) is 71.8 Å². The Hall–Kier alpha value is -2.70. The van der Waals surface area contributed by atoms with E-state index in [1.54, 1.807) is 0 Å². The average molecular weight is 533 g/mol. The topological polar surface area (TPSA) is 98.7 Å². The molecule has 5 rings (SSSR count). The Labute approximate surface area is 232 Å². The van der Waals surface area contributed by atoms with Crippen molar-refractivity contribution in [3.63, 3.8) is 0 Å². The van der Waals surface area contributed by atoms with Gasteiger partial charge in [0, 0.05) is 0 Å². The van der Waals surface area contributed by atoms with Crippen LogP contribution in [-0.4, -0.2) is 45.3 Å². The van der Waals surface area contributed by atoms with Gasteiger partial charge < -0.3 is 20.8 Å². The van der Waals surface area contributed by atoms with Crippen LogP contribution >= 0.6 is 0 Å². The third-order valence-corrected chi connectivity index (χ3v) is 9.74. The maximum atomic E-state index is 14.1. The van der Waals surface area contributed by atoms with Gasteiger partial charge >= 0.3 is 0 Å². The van der Waals surface area contributed by atoms with Gasteiger partial charge in [-0.1, -0.05) is 99.2 Å². The summed E-state index contributed by atoms with van der Waals surface area (Å²) < 4.78 is 0. The summed E-state index contributed by atoms with van der Waals surface area (Å²) in [6, 6.07) is 19.0. The van der Waals surface area contributed by atoms with Gasteiger partial charge in [-0.15, -0.1) is 0 Å². The first-order chi connectivity index (χ1) is 18.8. The van der Waals surface area contributed by atoms with Gasteiger partial charge in [-0.2, -0.15) is 0 Å². The Morgan fingerprint density at radius 1 is 0.590 bits per heavy atom. The van der Waals surface area contributed by atoms with Crippen LogP contribution in [-0.2, 0) is 22.4 Å². The molecule has 6 heteroatoms. The molecule has 0 aromatic heterocycles. The number of benzene rings is 2. The number of rotatable bonds is 10. The van der Waals surface area contributed by atoms with Gasteiger partial charge in [-0.3, -0.25) is 9.59 Å². The summed E-state index contributed by atoms with van der Waals surface area (Å²) in [5.41, 5.74) is -1.03. The Kier molecular flexibility index (Phi) is 8.43. The maximum absolute atomic E-state index is 14.1. The van der Waals surface area contributed by atoms with Crippen molar-refractivity contribution in [1.29, 1.82) is 0 Å². The third kappa shape index (κ3) is 6.07. The molecule has 3 fully saturated rings. The third-order valence-electron chi connectivity index (χ3n) is 9.74. The zero-order valence-corrected chi connectivity index (χ0v) is 23.0. The summed E-state index contributed by atoms with van der Waals surface area (Å²) in [6.45, 7) is 0. The first kappa shape index (κ1) is 27.9. The predicted octanol–water partition coefficient (Wildman–Crippen LogP) is 4.61. The summed E-state index contributed by atoms with van der Waals surface area (Å²) in [7, 11) is 0. The molecule has 2 aromatic carbocycles. The van der Waals surface area contributed by atoms with Gasteiger partial charge in [0.15, 0.2) is 0 Å². The Morgan fingerprint density at radius 3 is 1.28 bits per heavy atom. The summed E-state index contributed by atoms with van der Waals surface area (Å²) in [6.07, 6.45) is 9.96. The summed E-state index contributed by atoms with van der Waals surface area (Å²) in [5, 5.41) is 29.5. The smallest absolute Gasteiger partial charge is 0.236 e. The van der Waals surface area contributed by atoms with Gasteiger partial charge in [0.1, 0.15) is 5.41 Å². The fraction of sp³-hybridized carbons (Fsp3) is 0.576. The molecule has 4 N–H and O–H groups in total. The van der Waals surface area contributed by atoms with Gasteiger partial charge in [0.05, 0.1) is 23.3 Å². The van der Waals surface area contributed by atoms with Crippen molar-refractivity contribution in [3.8, 4) is 0 Å². The number of nitrogens with one attached hydrogen (secondary N) is 2. The molecule has 0 bridgehead atoms. The molecule has 2 amide bonds. The van der Waals surface area contributed by atoms with E-state index in [-0.39, 0.29) is 11.8 Å². The van der Waals surface area contributed by atoms with E-state index in [2.05, 4.69) is 10.6 Å². The zero-order chi connectivity index (χ0) is 27.3. The van der Waals surface area contributed by atoms with Crippen molar-refractivity contribution in [2.45, 2.75) is 113 Å². The molecule has 39 heavy (non-hydrogen) atoms. The summed E-state index contributed by atoms with van der Waals surface area (Å²) >= 11 is 0. The lowest BCUT2D eigenvalue weighted by Gasteiger charge is -2.39. The molecular formula is C33H44N2O4. The molecule has 0 radical (unpaired) electrons. The number of aliphatic hydroxyl groups is 2. The first-order valence-corrected chi connectivity index (χ1v) is 15.0. The summed E-state index contributed by atoms with van der Waals surface area (Å²) in [5.74, 6) is -0.564. The molecule has 3 saturated carbocycles. The molecule has 0 spiro atoms. The first-order valence-electron chi connectivity index (χ1n) is 15.0. The lowest BCUT2D eigenvalue weighted by molar-refractivity contribution is -0.147. The molecule has 0 saturated heterocycles. The number of carbonyl (C=O) groups is 2. The average Bonchev–Trinajstić information content (AvgIpc) is 3.72. The minimum absolute atomic E-state index is 0.282. The van der Waals surface area contributed by atoms with Crippen molar-refractivity contribution in [2.75, 3.05) is 0 Å². The van der Waals surface area contributed by atoms with Crippen LogP contribution in [0.2, 0.25) is 0 Å². The molecule has 210 valence electrons. The molecule has 0 unspecified atom stereocenters. The number of amides is 2. The largest absolute Gasteiger partial charge is 0.388 e. The minimum Gasteiger partial charge on any atom is -0.388 e. The van der Waals surface area contributed by atoms with Crippen LogP contribution in [0, 0.1) is 5.41 Å². The number of hydrogen-bond donors (Lipinski definition) is 4. The van der Waals surface area contributed by atoms with E-state index >= 15 is 0 Å². The van der Waals surface area contributed by atoms with E-state index in [0.717, 1.165) is 49.7 Å². The number of hydrogen-bond acceptors (Lipinski definition) is 4. The highest BCUT2D eigenvalue weighted by molar-refractivity contribution is 6.05. The van der Waals surface area contributed by atoms with Crippen molar-refractivity contribution >= 4 is 11.8 Å². The zero-order valence-electron chi connectivity index (χ0n) is 23.0. The highest BCUT2D eigenvalue weighted by atomic mass is 16.3. The highest BCUT2D eigenvalue weighted by Gasteiger charge is 2.52. The highest BCUT2D eigenvalue weighted by Crippen LogP contribution is 2.42. The second-order valence-corrected chi connectivity index (χ2v) is 12.3. The quantitative estimate of drug-likeness (QED) is 0.336. The summed E-state index contributed by atoms with van der Waals surface area (Å²) in [4.78, 5) is 28.2. The second kappa shape index (κ2) is 11.8. The molecule has 0 aliphatic heterocycles. The van der Waals surface area contributed by atoms with Crippen LogP contribution < -0.4 is 10.6 Å². The molecule has 0 heterocycles. The Morgan fingerprint density at radius 2 is 0.923 bits per heavy atom. The van der Waals surface area contributed by atoms with Gasteiger partial charge in [0.25, 0.3) is 0 Å². The molecule has 2 atom stereocenters. The molecule has 2 aromatic rings. The monoisotopic (exact) mass is 532 g/mol. The van der Waals surface area contributed by atoms with E-state index < -0.39 is 28.7 Å². The standard InChI is InChI=1S/C33H44N2O4/c36-29(34-27(32(38)19-9-10-20-32)23-25-13-3-1-4-14-25)31(17-7-8-18-31)30(37)35-28(33(39)21-11-12-22-33)24-26-15-5-2-6-16-26/h1-6,13-16,27-28,38-39H,7-12,17-24H2,(H,34,36)(H,35,37)/t27-,28-/m1/s1. The van der Waals surface area contributed by atoms with E-state index in [4.69, 9.17) is 0 Å². The van der Waals surface area contributed by atoms with Crippen LogP contribution in [0.3, 0.4) is 0 Å². The van der Waals surface area contributed by atoms with Gasteiger partial charge in [0.2, 0.25) is 11.8 Å². The molecule has 3 aliphatic rings. The van der Waals surface area contributed by atoms with Crippen LogP contribution in [0.5, 0.6) is 0 Å². The van der Waals surface area contributed by atoms with Crippen LogP contribution in [0.15, 0.2) is 60.7 Å². The molecular weight excluding hydrogens is 488 g/mol. The van der Waals surface area contributed by atoms with Crippen molar-refractivity contribution in [2.24, 2.45) is 5.41 Å². The minimum atomic E-state index is -1.19. The normalized spacial score (nSPS) is 22.7. The van der Waals surface area contributed by atoms with Crippen molar-refractivity contribution < 1.29 is 19.8 Å². The van der Waals surface area contributed by atoms with E-state index in [9.17, 15) is 19.8 Å². The molecule has 6 nitrogen and oxygen atoms in total. The lowest BCUT2D eigenvalue weighted by Crippen LogP contribution is -2.61. The fourth-order valence-corrected chi connectivity index (χ4v) is 7.25. The van der Waals surface area contributed by atoms with Crippen LogP contribution in [0.1, 0.15) is 88.2 Å². The van der Waals surface area contributed by atoms with E-state index in [1.807, 2.05) is 60.7 Å². The molecule has 3 aliphatic carbocycles. The predicted molar refractivity (Wildman–Crippen MR) is 152 cm³/mol. The SMILES string of the molecule is O=C(N[C@H](Cc1ccccc1)C1(O)CCCC1)C1(C(=O)N[C@H](Cc2ccccc2)C2(O)CCCC2)CCCC1. The second-order valence-electron chi connectivity index (χ2n) is 12.3. The van der Waals surface area contributed by atoms with Crippen LogP contribution in [0.4, 0.5) is 0 Å². The van der Waals surface area contributed by atoms with Crippen molar-refractivity contribution in [1.82, 2.24) is 10.6 Å². The Balaban J connectivity index is 1.37. The van der Waals surface area contributed by atoms with E-state index in [0.29, 0.717) is 51.4 Å². The maximum Gasteiger partial charge on any atom is 0.236 e. The van der Waals surface area contributed by atoms with Gasteiger partial charge in [-0.25, -0.2) is 0 Å². The lowest BCUT2D eigenvalue weighted by atomic mass is 9.80. The van der Waals surface area contributed by atoms with E-state index in [1.165, 1.54) is 0 Å². The van der Waals surface area contributed by atoms with Crippen LogP contribution in [0.25, 0.3) is 0 Å². The Bertz CT molecular complexity index is 1020.